The molecule has 1 aliphatic rings. The molecule has 2 rings (SSSR count). The molecule has 1 aliphatic carbocycles. The van der Waals surface area contributed by atoms with Crippen molar-refractivity contribution in [3.63, 3.8) is 0 Å². The van der Waals surface area contributed by atoms with Gasteiger partial charge in [0.1, 0.15) is 0 Å². The highest BCUT2D eigenvalue weighted by molar-refractivity contribution is 5.74. The van der Waals surface area contributed by atoms with Crippen LogP contribution in [-0.2, 0) is 0 Å². The van der Waals surface area contributed by atoms with E-state index >= 15 is 0 Å². The van der Waals surface area contributed by atoms with Gasteiger partial charge in [-0.1, -0.05) is 48.6 Å². The highest BCUT2D eigenvalue weighted by Gasteiger charge is 2.37. The lowest BCUT2D eigenvalue weighted by Gasteiger charge is -2.19. The minimum absolute atomic E-state index is 0.0320. The van der Waals surface area contributed by atoms with Gasteiger partial charge in [-0.15, -0.1) is 0 Å². The Labute approximate surface area is 92.1 Å². The Bertz CT molecular complexity index is 413. The number of rotatable bonds is 1. The van der Waals surface area contributed by atoms with Gasteiger partial charge < -0.3 is 0 Å². The van der Waals surface area contributed by atoms with Gasteiger partial charge >= 0.3 is 6.18 Å². The van der Waals surface area contributed by atoms with E-state index in [9.17, 15) is 13.2 Å². The summed E-state index contributed by atoms with van der Waals surface area (Å²) in [6.45, 7) is 0. The standard InChI is InChI=1S/C13H11F3/c14-13(15,16)12-8-6-11(7-9-12)10-4-2-1-3-5-10/h1-8,12H,9H2. The van der Waals surface area contributed by atoms with Gasteiger partial charge in [0.2, 0.25) is 0 Å². The highest BCUT2D eigenvalue weighted by Crippen LogP contribution is 2.34. The van der Waals surface area contributed by atoms with Crippen molar-refractivity contribution in [3.8, 4) is 0 Å². The lowest BCUT2D eigenvalue weighted by atomic mass is 9.93. The van der Waals surface area contributed by atoms with Crippen molar-refractivity contribution in [2.24, 2.45) is 5.92 Å². The van der Waals surface area contributed by atoms with E-state index in [-0.39, 0.29) is 6.42 Å². The highest BCUT2D eigenvalue weighted by atomic mass is 19.4. The summed E-state index contributed by atoms with van der Waals surface area (Å²) in [5, 5.41) is 0. The van der Waals surface area contributed by atoms with E-state index in [1.165, 1.54) is 6.08 Å². The lowest BCUT2D eigenvalue weighted by molar-refractivity contribution is -0.160. The van der Waals surface area contributed by atoms with Gasteiger partial charge in [-0.05, 0) is 17.6 Å². The molecule has 0 spiro atoms. The van der Waals surface area contributed by atoms with Crippen LogP contribution < -0.4 is 0 Å². The molecule has 0 heterocycles. The van der Waals surface area contributed by atoms with Gasteiger partial charge in [0, 0.05) is 0 Å². The summed E-state index contributed by atoms with van der Waals surface area (Å²) in [4.78, 5) is 0. The molecule has 1 unspecified atom stereocenters. The third-order valence-electron chi connectivity index (χ3n) is 2.63. The van der Waals surface area contributed by atoms with E-state index in [2.05, 4.69) is 0 Å². The largest absolute Gasteiger partial charge is 0.395 e. The normalized spacial score (nSPS) is 20.7. The van der Waals surface area contributed by atoms with Crippen LogP contribution in [0, 0.1) is 5.92 Å². The van der Waals surface area contributed by atoms with Gasteiger partial charge in [0.15, 0.2) is 0 Å². The molecule has 0 aromatic heterocycles. The molecule has 16 heavy (non-hydrogen) atoms. The zero-order valence-electron chi connectivity index (χ0n) is 8.54. The molecule has 0 saturated heterocycles. The van der Waals surface area contributed by atoms with Crippen molar-refractivity contribution in [2.45, 2.75) is 12.6 Å². The summed E-state index contributed by atoms with van der Waals surface area (Å²) in [6.07, 6.45) is 0.340. The molecule has 0 aliphatic heterocycles. The molecular weight excluding hydrogens is 213 g/mol. The third kappa shape index (κ3) is 2.35. The molecule has 1 aromatic carbocycles. The molecule has 0 amide bonds. The molecule has 1 aromatic rings. The van der Waals surface area contributed by atoms with E-state index in [4.69, 9.17) is 0 Å². The predicted molar refractivity (Wildman–Crippen MR) is 57.7 cm³/mol. The van der Waals surface area contributed by atoms with Crippen LogP contribution in [0.2, 0.25) is 0 Å². The van der Waals surface area contributed by atoms with E-state index in [0.29, 0.717) is 0 Å². The van der Waals surface area contributed by atoms with Crippen molar-refractivity contribution >= 4 is 5.57 Å². The first-order chi connectivity index (χ1) is 7.57. The average molecular weight is 224 g/mol. The minimum atomic E-state index is -4.13. The van der Waals surface area contributed by atoms with Crippen LogP contribution >= 0.6 is 0 Å². The third-order valence-corrected chi connectivity index (χ3v) is 2.63. The Morgan fingerprint density at radius 3 is 2.25 bits per heavy atom. The molecule has 0 fully saturated rings. The first-order valence-corrected chi connectivity index (χ1v) is 5.08. The first-order valence-electron chi connectivity index (χ1n) is 5.08. The van der Waals surface area contributed by atoms with Crippen molar-refractivity contribution in [2.75, 3.05) is 0 Å². The fourth-order valence-electron chi connectivity index (χ4n) is 1.71. The monoisotopic (exact) mass is 224 g/mol. The predicted octanol–water partition coefficient (Wildman–Crippen LogP) is 4.21. The van der Waals surface area contributed by atoms with Gasteiger partial charge in [0.25, 0.3) is 0 Å². The van der Waals surface area contributed by atoms with E-state index in [1.807, 2.05) is 30.3 Å². The fourth-order valence-corrected chi connectivity index (χ4v) is 1.71. The molecule has 0 saturated carbocycles. The number of hydrogen-bond acceptors (Lipinski definition) is 0. The van der Waals surface area contributed by atoms with Gasteiger partial charge in [0.05, 0.1) is 5.92 Å². The maximum atomic E-state index is 12.4. The van der Waals surface area contributed by atoms with Crippen molar-refractivity contribution in [3.05, 3.63) is 54.1 Å². The number of alkyl halides is 3. The molecule has 3 heteroatoms. The Morgan fingerprint density at radius 1 is 1.06 bits per heavy atom. The summed E-state index contributed by atoms with van der Waals surface area (Å²) < 4.78 is 37.2. The van der Waals surface area contributed by atoms with Crippen LogP contribution in [-0.4, -0.2) is 6.18 Å². The fraction of sp³-hybridized carbons (Fsp3) is 0.231. The van der Waals surface area contributed by atoms with Crippen LogP contribution in [0.3, 0.4) is 0 Å². The maximum Gasteiger partial charge on any atom is 0.395 e. The van der Waals surface area contributed by atoms with Crippen LogP contribution in [0.1, 0.15) is 12.0 Å². The SMILES string of the molecule is FC(F)(F)C1C=CC(c2ccccc2)=CC1. The van der Waals surface area contributed by atoms with Crippen LogP contribution in [0.25, 0.3) is 5.57 Å². The summed E-state index contributed by atoms with van der Waals surface area (Å²) in [7, 11) is 0. The van der Waals surface area contributed by atoms with Crippen LogP contribution in [0.5, 0.6) is 0 Å². The molecule has 1 atom stereocenters. The van der Waals surface area contributed by atoms with Gasteiger partial charge in [-0.3, -0.25) is 0 Å². The van der Waals surface area contributed by atoms with Crippen molar-refractivity contribution < 1.29 is 13.2 Å². The van der Waals surface area contributed by atoms with Gasteiger partial charge in [-0.25, -0.2) is 0 Å². The minimum Gasteiger partial charge on any atom is -0.170 e. The summed E-state index contributed by atoms with van der Waals surface area (Å²) >= 11 is 0. The first kappa shape index (κ1) is 11.0. The Hall–Kier alpha value is -1.51. The summed E-state index contributed by atoms with van der Waals surface area (Å²) in [6, 6.07) is 9.42. The smallest absolute Gasteiger partial charge is 0.170 e. The number of benzene rings is 1. The molecule has 84 valence electrons. The number of halogens is 3. The molecule has 0 radical (unpaired) electrons. The number of allylic oxidation sites excluding steroid dienone is 4. The van der Waals surface area contributed by atoms with Crippen molar-refractivity contribution in [1.82, 2.24) is 0 Å². The Balaban J connectivity index is 2.14. The summed E-state index contributed by atoms with van der Waals surface area (Å²) in [5.74, 6) is -1.33. The second-order valence-electron chi connectivity index (χ2n) is 3.77. The lowest BCUT2D eigenvalue weighted by Crippen LogP contribution is -2.21. The molecule has 0 bridgehead atoms. The van der Waals surface area contributed by atoms with E-state index in [0.717, 1.165) is 11.1 Å². The van der Waals surface area contributed by atoms with Crippen LogP contribution in [0.15, 0.2) is 48.6 Å². The zero-order valence-corrected chi connectivity index (χ0v) is 8.54. The second kappa shape index (κ2) is 4.16. The second-order valence-corrected chi connectivity index (χ2v) is 3.77. The van der Waals surface area contributed by atoms with Gasteiger partial charge in [-0.2, -0.15) is 13.2 Å². The molecule has 0 nitrogen and oxygen atoms in total. The average Bonchev–Trinajstić information content (AvgIpc) is 2.29. The van der Waals surface area contributed by atoms with E-state index in [1.54, 1.807) is 12.2 Å². The quantitative estimate of drug-likeness (QED) is 0.670. The Kier molecular flexibility index (Phi) is 2.86. The Morgan fingerprint density at radius 2 is 1.75 bits per heavy atom. The maximum absolute atomic E-state index is 12.4. The molecular formula is C13H11F3. The van der Waals surface area contributed by atoms with Crippen LogP contribution in [0.4, 0.5) is 13.2 Å². The zero-order chi connectivity index (χ0) is 11.6. The topological polar surface area (TPSA) is 0 Å². The molecule has 0 N–H and O–H groups in total. The summed E-state index contributed by atoms with van der Waals surface area (Å²) in [5.41, 5.74) is 1.82. The number of hydrogen-bond donors (Lipinski definition) is 0. The van der Waals surface area contributed by atoms with E-state index < -0.39 is 12.1 Å². The van der Waals surface area contributed by atoms with Crippen molar-refractivity contribution in [1.29, 1.82) is 0 Å².